The lowest BCUT2D eigenvalue weighted by Crippen LogP contribution is -2.35. The van der Waals surface area contributed by atoms with Crippen LogP contribution < -0.4 is 15.4 Å². The van der Waals surface area contributed by atoms with Gasteiger partial charge >= 0.3 is 0 Å². The molecule has 0 radical (unpaired) electrons. The van der Waals surface area contributed by atoms with E-state index >= 15 is 0 Å². The number of nitrogens with one attached hydrogen (secondary N) is 2. The number of rotatable bonds is 8. The van der Waals surface area contributed by atoms with Crippen molar-refractivity contribution in [3.8, 4) is 5.75 Å². The monoisotopic (exact) mass is 443 g/mol. The lowest BCUT2D eigenvalue weighted by molar-refractivity contribution is 0.0724. The van der Waals surface area contributed by atoms with Crippen LogP contribution >= 0.6 is 24.0 Å². The summed E-state index contributed by atoms with van der Waals surface area (Å²) < 4.78 is 5.17. The van der Waals surface area contributed by atoms with Crippen molar-refractivity contribution in [1.82, 2.24) is 10.2 Å². The average Bonchev–Trinajstić information content (AvgIpc) is 2.80. The van der Waals surface area contributed by atoms with E-state index in [2.05, 4.69) is 22.8 Å². The number of likely N-dealkylation sites (tertiary alicyclic amines) is 1. The van der Waals surface area contributed by atoms with Gasteiger partial charge in [-0.1, -0.05) is 0 Å². The second-order valence-corrected chi connectivity index (χ2v) is 8.77. The molecule has 1 fully saturated rings. The summed E-state index contributed by atoms with van der Waals surface area (Å²) in [7, 11) is 1.67. The molecule has 0 bridgehead atoms. The van der Waals surface area contributed by atoms with Crippen molar-refractivity contribution >= 4 is 40.7 Å². The van der Waals surface area contributed by atoms with Crippen molar-refractivity contribution in [3.63, 3.8) is 0 Å². The highest BCUT2D eigenvalue weighted by Gasteiger charge is 2.17. The Kier molecular flexibility index (Phi) is 8.83. The molecule has 3 rings (SSSR count). The predicted octanol–water partition coefficient (Wildman–Crippen LogP) is 4.79. The van der Waals surface area contributed by atoms with Gasteiger partial charge in [-0.15, -0.1) is 11.8 Å². The highest BCUT2D eigenvalue weighted by molar-refractivity contribution is 7.99. The molecule has 2 N–H and O–H groups in total. The van der Waals surface area contributed by atoms with E-state index in [1.54, 1.807) is 7.11 Å². The summed E-state index contributed by atoms with van der Waals surface area (Å²) >= 11 is 7.19. The first-order valence-electron chi connectivity index (χ1n) is 10.4. The molecular weight excluding hydrogens is 414 g/mol. The summed E-state index contributed by atoms with van der Waals surface area (Å²) in [5, 5.41) is 7.02. The minimum Gasteiger partial charge on any atom is -0.497 e. The minimum absolute atomic E-state index is 0.122. The molecule has 0 aliphatic carbocycles. The largest absolute Gasteiger partial charge is 0.497 e. The number of thiocarbonyl (C=S) groups is 1. The first kappa shape index (κ1) is 22.4. The van der Waals surface area contributed by atoms with E-state index in [-0.39, 0.29) is 5.91 Å². The van der Waals surface area contributed by atoms with Gasteiger partial charge < -0.3 is 20.3 Å². The van der Waals surface area contributed by atoms with E-state index in [1.165, 1.54) is 11.3 Å². The van der Waals surface area contributed by atoms with Crippen LogP contribution in [0.2, 0.25) is 0 Å². The maximum atomic E-state index is 12.5. The first-order chi connectivity index (χ1) is 14.7. The van der Waals surface area contributed by atoms with Gasteiger partial charge in [0.1, 0.15) is 5.75 Å². The Morgan fingerprint density at radius 1 is 1.07 bits per heavy atom. The molecule has 0 spiro atoms. The molecule has 160 valence electrons. The molecule has 0 atom stereocenters. The van der Waals surface area contributed by atoms with Crippen LogP contribution in [0, 0.1) is 0 Å². The van der Waals surface area contributed by atoms with E-state index in [9.17, 15) is 4.79 Å². The van der Waals surface area contributed by atoms with E-state index in [4.69, 9.17) is 17.0 Å². The van der Waals surface area contributed by atoms with Crippen molar-refractivity contribution in [3.05, 3.63) is 54.1 Å². The van der Waals surface area contributed by atoms with E-state index < -0.39 is 0 Å². The third-order valence-electron chi connectivity index (χ3n) is 4.97. The molecule has 1 saturated heterocycles. The van der Waals surface area contributed by atoms with Gasteiger partial charge in [-0.05, 0) is 92.2 Å². The zero-order chi connectivity index (χ0) is 21.2. The van der Waals surface area contributed by atoms with Gasteiger partial charge in [0.15, 0.2) is 5.11 Å². The van der Waals surface area contributed by atoms with Gasteiger partial charge in [-0.3, -0.25) is 4.79 Å². The fraction of sp³-hybridized carbons (Fsp3) is 0.391. The Morgan fingerprint density at radius 2 is 1.77 bits per heavy atom. The number of thioether (sulfide) groups is 1. The van der Waals surface area contributed by atoms with Crippen molar-refractivity contribution in [2.45, 2.75) is 30.6 Å². The molecule has 1 aliphatic heterocycles. The van der Waals surface area contributed by atoms with Crippen LogP contribution in [-0.2, 0) is 0 Å². The number of methoxy groups -OCH3 is 1. The van der Waals surface area contributed by atoms with E-state index in [0.717, 1.165) is 61.6 Å². The number of ether oxygens (including phenoxy) is 1. The fourth-order valence-electron chi connectivity index (χ4n) is 3.29. The Balaban J connectivity index is 1.34. The first-order valence-corrected chi connectivity index (χ1v) is 11.8. The summed E-state index contributed by atoms with van der Waals surface area (Å²) in [4.78, 5) is 15.7. The average molecular weight is 444 g/mol. The maximum absolute atomic E-state index is 12.5. The number of hydrogen-bond acceptors (Lipinski definition) is 4. The van der Waals surface area contributed by atoms with Crippen molar-refractivity contribution in [2.75, 3.05) is 37.8 Å². The highest BCUT2D eigenvalue weighted by Crippen LogP contribution is 2.21. The van der Waals surface area contributed by atoms with Crippen LogP contribution in [0.3, 0.4) is 0 Å². The molecule has 30 heavy (non-hydrogen) atoms. The fourth-order valence-corrected chi connectivity index (χ4v) is 4.36. The topological polar surface area (TPSA) is 53.6 Å². The maximum Gasteiger partial charge on any atom is 0.253 e. The molecule has 5 nitrogen and oxygen atoms in total. The van der Waals surface area contributed by atoms with Gasteiger partial charge in [-0.2, -0.15) is 0 Å². The third-order valence-corrected chi connectivity index (χ3v) is 6.31. The van der Waals surface area contributed by atoms with E-state index in [0.29, 0.717) is 5.11 Å². The van der Waals surface area contributed by atoms with Crippen LogP contribution in [0.15, 0.2) is 53.4 Å². The van der Waals surface area contributed by atoms with Gasteiger partial charge in [0.25, 0.3) is 5.91 Å². The molecule has 0 aromatic heterocycles. The highest BCUT2D eigenvalue weighted by atomic mass is 32.2. The molecule has 7 heteroatoms. The van der Waals surface area contributed by atoms with Gasteiger partial charge in [-0.25, -0.2) is 0 Å². The molecule has 1 aliphatic rings. The SMILES string of the molecule is COc1ccc(SCCCNC(=S)Nc2ccc(C(=O)N3CCCCC3)cc2)cc1. The normalized spacial score (nSPS) is 13.6. The van der Waals surface area contributed by atoms with Gasteiger partial charge in [0, 0.05) is 35.8 Å². The second-order valence-electron chi connectivity index (χ2n) is 7.19. The summed E-state index contributed by atoms with van der Waals surface area (Å²) in [5.41, 5.74) is 1.62. The lowest BCUT2D eigenvalue weighted by atomic mass is 10.1. The van der Waals surface area contributed by atoms with E-state index in [1.807, 2.05) is 53.1 Å². The molecular formula is C23H29N3O2S2. The zero-order valence-electron chi connectivity index (χ0n) is 17.4. The molecule has 2 aromatic carbocycles. The van der Waals surface area contributed by atoms with Crippen LogP contribution in [0.25, 0.3) is 0 Å². The quantitative estimate of drug-likeness (QED) is 0.348. The van der Waals surface area contributed by atoms with Crippen LogP contribution in [0.5, 0.6) is 5.75 Å². The number of anilines is 1. The Bertz CT molecular complexity index is 819. The standard InChI is InChI=1S/C23H29N3O2S2/c1-28-20-10-12-21(13-11-20)30-17-5-14-24-23(29)25-19-8-6-18(7-9-19)22(27)26-15-3-2-4-16-26/h6-13H,2-5,14-17H2,1H3,(H2,24,25,29). The van der Waals surface area contributed by atoms with Crippen LogP contribution in [-0.4, -0.2) is 48.4 Å². The predicted molar refractivity (Wildman–Crippen MR) is 129 cm³/mol. The summed E-state index contributed by atoms with van der Waals surface area (Å²) in [6.45, 7) is 2.54. The van der Waals surface area contributed by atoms with Gasteiger partial charge in [0.05, 0.1) is 7.11 Å². The Labute approximate surface area is 188 Å². The number of carbonyl (C=O) groups excluding carboxylic acids is 1. The summed E-state index contributed by atoms with van der Waals surface area (Å²) in [6, 6.07) is 15.7. The van der Waals surface area contributed by atoms with Crippen molar-refractivity contribution in [2.24, 2.45) is 0 Å². The number of benzene rings is 2. The smallest absolute Gasteiger partial charge is 0.253 e. The van der Waals surface area contributed by atoms with Crippen molar-refractivity contribution < 1.29 is 9.53 Å². The lowest BCUT2D eigenvalue weighted by Gasteiger charge is -2.26. The second kappa shape index (κ2) is 11.8. The number of piperidine rings is 1. The van der Waals surface area contributed by atoms with Gasteiger partial charge in [0.2, 0.25) is 0 Å². The molecule has 0 unspecified atom stereocenters. The number of hydrogen-bond donors (Lipinski definition) is 2. The third kappa shape index (κ3) is 6.92. The summed E-state index contributed by atoms with van der Waals surface area (Å²) in [6.07, 6.45) is 4.42. The van der Waals surface area contributed by atoms with Crippen molar-refractivity contribution in [1.29, 1.82) is 0 Å². The summed E-state index contributed by atoms with van der Waals surface area (Å²) in [5.74, 6) is 2.01. The molecule has 1 amide bonds. The Morgan fingerprint density at radius 3 is 2.43 bits per heavy atom. The van der Waals surface area contributed by atoms with Crippen LogP contribution in [0.1, 0.15) is 36.0 Å². The molecule has 0 saturated carbocycles. The number of carbonyl (C=O) groups is 1. The Hall–Kier alpha value is -2.25. The zero-order valence-corrected chi connectivity index (χ0v) is 19.0. The number of nitrogens with zero attached hydrogens (tertiary/aromatic N) is 1. The molecule has 1 heterocycles. The number of amides is 1. The molecule has 2 aromatic rings. The van der Waals surface area contributed by atoms with Crippen LogP contribution in [0.4, 0.5) is 5.69 Å². The minimum atomic E-state index is 0.122.